The van der Waals surface area contributed by atoms with Crippen LogP contribution in [-0.4, -0.2) is 4.57 Å². The topological polar surface area (TPSA) is 8.17 Å². The molecule has 2 nitrogen and oxygen atoms in total. The zero-order valence-corrected chi connectivity index (χ0v) is 25.3. The van der Waals surface area contributed by atoms with E-state index < -0.39 is 0 Å². The van der Waals surface area contributed by atoms with Crippen molar-refractivity contribution in [2.75, 3.05) is 4.90 Å². The lowest BCUT2D eigenvalue weighted by molar-refractivity contribution is 1.15. The fraction of sp³-hybridized carbons (Fsp3) is 0. The van der Waals surface area contributed by atoms with Crippen LogP contribution in [0.4, 0.5) is 17.1 Å². The van der Waals surface area contributed by atoms with Crippen molar-refractivity contribution < 1.29 is 0 Å². The van der Waals surface area contributed by atoms with E-state index in [2.05, 4.69) is 179 Å². The Labute approximate surface area is 265 Å². The molecule has 212 valence electrons. The molecule has 0 aliphatic heterocycles. The lowest BCUT2D eigenvalue weighted by Crippen LogP contribution is -2.13. The summed E-state index contributed by atoms with van der Waals surface area (Å²) in [6.07, 6.45) is 0. The number of nitrogens with zero attached hydrogens (tertiary/aromatic N) is 2. The van der Waals surface area contributed by atoms with Crippen LogP contribution >= 0.6 is 11.3 Å². The van der Waals surface area contributed by atoms with Crippen molar-refractivity contribution in [3.8, 4) is 16.8 Å². The molecule has 2 aromatic heterocycles. The van der Waals surface area contributed by atoms with E-state index in [4.69, 9.17) is 0 Å². The number of benzene rings is 7. The molecular formula is C42H28N2S. The van der Waals surface area contributed by atoms with Gasteiger partial charge < -0.3 is 9.47 Å². The average Bonchev–Trinajstić information content (AvgIpc) is 3.66. The quantitative estimate of drug-likeness (QED) is 0.193. The zero-order chi connectivity index (χ0) is 29.7. The minimum absolute atomic E-state index is 1.11. The Hall–Kier alpha value is -5.64. The van der Waals surface area contributed by atoms with E-state index in [0.29, 0.717) is 0 Å². The fourth-order valence-corrected chi connectivity index (χ4v) is 8.03. The van der Waals surface area contributed by atoms with Gasteiger partial charge in [0, 0.05) is 42.3 Å². The second kappa shape index (κ2) is 10.5. The molecule has 2 heterocycles. The van der Waals surface area contributed by atoms with Gasteiger partial charge in [0.15, 0.2) is 0 Å². The molecular weight excluding hydrogens is 565 g/mol. The van der Waals surface area contributed by atoms with Crippen LogP contribution in [0.3, 0.4) is 0 Å². The van der Waals surface area contributed by atoms with Crippen molar-refractivity contribution in [3.63, 3.8) is 0 Å². The first kappa shape index (κ1) is 25.8. The Balaban J connectivity index is 1.23. The van der Waals surface area contributed by atoms with Crippen molar-refractivity contribution in [3.05, 3.63) is 170 Å². The van der Waals surface area contributed by atoms with Gasteiger partial charge in [-0.2, -0.15) is 0 Å². The van der Waals surface area contributed by atoms with Crippen molar-refractivity contribution in [1.82, 2.24) is 4.57 Å². The van der Waals surface area contributed by atoms with E-state index in [1.54, 1.807) is 0 Å². The maximum atomic E-state index is 2.41. The molecule has 0 spiro atoms. The fourth-order valence-electron chi connectivity index (χ4n) is 6.79. The first-order chi connectivity index (χ1) is 22.3. The van der Waals surface area contributed by atoms with Crippen LogP contribution in [0.2, 0.25) is 0 Å². The van der Waals surface area contributed by atoms with Gasteiger partial charge in [-0.1, -0.05) is 115 Å². The highest BCUT2D eigenvalue weighted by Crippen LogP contribution is 2.43. The summed E-state index contributed by atoms with van der Waals surface area (Å²) >= 11 is 1.88. The highest BCUT2D eigenvalue weighted by Gasteiger charge is 2.20. The van der Waals surface area contributed by atoms with Gasteiger partial charge in [0.25, 0.3) is 0 Å². The van der Waals surface area contributed by atoms with Crippen LogP contribution in [0.25, 0.3) is 58.8 Å². The molecule has 0 fully saturated rings. The SMILES string of the molecule is c1ccc(N(c2ccc(-c3cccc4c3sc3ccccc34)cc2)c2ccccc2-n2c3ccccc3c3ccccc32)cc1. The summed E-state index contributed by atoms with van der Waals surface area (Å²) in [5.74, 6) is 0. The minimum Gasteiger partial charge on any atom is -0.308 e. The molecule has 0 amide bonds. The van der Waals surface area contributed by atoms with E-state index in [0.717, 1.165) is 22.7 Å². The number of rotatable bonds is 5. The normalized spacial score (nSPS) is 11.6. The first-order valence-corrected chi connectivity index (χ1v) is 16.1. The molecule has 9 rings (SSSR count). The van der Waals surface area contributed by atoms with Gasteiger partial charge in [0.05, 0.1) is 22.4 Å². The third-order valence-electron chi connectivity index (χ3n) is 8.80. The lowest BCUT2D eigenvalue weighted by Gasteiger charge is -2.28. The van der Waals surface area contributed by atoms with Gasteiger partial charge >= 0.3 is 0 Å². The van der Waals surface area contributed by atoms with Gasteiger partial charge in [-0.25, -0.2) is 0 Å². The molecule has 0 aliphatic carbocycles. The van der Waals surface area contributed by atoms with Crippen molar-refractivity contribution in [2.24, 2.45) is 0 Å². The summed E-state index contributed by atoms with van der Waals surface area (Å²) in [7, 11) is 0. The average molecular weight is 593 g/mol. The molecule has 0 radical (unpaired) electrons. The zero-order valence-electron chi connectivity index (χ0n) is 24.5. The predicted octanol–water partition coefficient (Wildman–Crippen LogP) is 12.3. The van der Waals surface area contributed by atoms with Crippen LogP contribution in [0, 0.1) is 0 Å². The van der Waals surface area contributed by atoms with Crippen molar-refractivity contribution >= 4 is 70.4 Å². The molecule has 0 atom stereocenters. The maximum Gasteiger partial charge on any atom is 0.0702 e. The Bertz CT molecular complexity index is 2430. The van der Waals surface area contributed by atoms with Gasteiger partial charge in [-0.05, 0) is 65.7 Å². The van der Waals surface area contributed by atoms with E-state index in [1.807, 2.05) is 11.3 Å². The molecule has 45 heavy (non-hydrogen) atoms. The number of aromatic nitrogens is 1. The van der Waals surface area contributed by atoms with E-state index >= 15 is 0 Å². The standard InChI is InChI=1S/C42H28N2S/c1-2-13-30(14-3-1)43(31-27-25-29(26-28-31)32-18-12-19-36-35-17-6-11-24-41(35)45-42(32)36)39-22-9-10-23-40(39)44-37-20-7-4-15-33(37)34-16-5-8-21-38(34)44/h1-28H. The summed E-state index contributed by atoms with van der Waals surface area (Å²) in [5.41, 5.74) is 9.38. The Kier molecular flexibility index (Phi) is 6.03. The molecule has 7 aromatic carbocycles. The van der Waals surface area contributed by atoms with Crippen LogP contribution in [0.1, 0.15) is 0 Å². The van der Waals surface area contributed by atoms with Crippen LogP contribution in [0.15, 0.2) is 170 Å². The van der Waals surface area contributed by atoms with Gasteiger partial charge in [0.2, 0.25) is 0 Å². The van der Waals surface area contributed by atoms with Gasteiger partial charge in [-0.3, -0.25) is 0 Å². The summed E-state index contributed by atoms with van der Waals surface area (Å²) in [5, 5.41) is 5.17. The van der Waals surface area contributed by atoms with E-state index in [-0.39, 0.29) is 0 Å². The largest absolute Gasteiger partial charge is 0.308 e. The number of para-hydroxylation sites is 5. The van der Waals surface area contributed by atoms with E-state index in [1.165, 1.54) is 53.1 Å². The van der Waals surface area contributed by atoms with Crippen molar-refractivity contribution in [2.45, 2.75) is 0 Å². The highest BCUT2D eigenvalue weighted by atomic mass is 32.1. The number of thiophene rings is 1. The Morgan fingerprint density at radius 1 is 0.422 bits per heavy atom. The van der Waals surface area contributed by atoms with Crippen LogP contribution in [-0.2, 0) is 0 Å². The van der Waals surface area contributed by atoms with E-state index in [9.17, 15) is 0 Å². The highest BCUT2D eigenvalue weighted by molar-refractivity contribution is 7.26. The van der Waals surface area contributed by atoms with Gasteiger partial charge in [0.1, 0.15) is 0 Å². The summed E-state index contributed by atoms with van der Waals surface area (Å²) in [6, 6.07) is 61.3. The van der Waals surface area contributed by atoms with Gasteiger partial charge in [-0.15, -0.1) is 11.3 Å². The Morgan fingerprint density at radius 3 is 1.76 bits per heavy atom. The summed E-state index contributed by atoms with van der Waals surface area (Å²) in [6.45, 7) is 0. The molecule has 9 aromatic rings. The number of hydrogen-bond donors (Lipinski definition) is 0. The molecule has 0 bridgehead atoms. The maximum absolute atomic E-state index is 2.41. The number of anilines is 3. The predicted molar refractivity (Wildman–Crippen MR) is 194 cm³/mol. The third-order valence-corrected chi connectivity index (χ3v) is 10.0. The Morgan fingerprint density at radius 2 is 1.00 bits per heavy atom. The monoisotopic (exact) mass is 592 g/mol. The second-order valence-corrected chi connectivity index (χ2v) is 12.4. The second-order valence-electron chi connectivity index (χ2n) is 11.4. The molecule has 0 saturated heterocycles. The number of fused-ring (bicyclic) bond motifs is 6. The minimum atomic E-state index is 1.11. The first-order valence-electron chi connectivity index (χ1n) is 15.3. The summed E-state index contributed by atoms with van der Waals surface area (Å²) < 4.78 is 5.07. The lowest BCUT2D eigenvalue weighted by atomic mass is 10.0. The third kappa shape index (κ3) is 4.16. The number of hydrogen-bond acceptors (Lipinski definition) is 2. The molecule has 0 unspecified atom stereocenters. The molecule has 0 saturated carbocycles. The van der Waals surface area contributed by atoms with Crippen LogP contribution in [0.5, 0.6) is 0 Å². The molecule has 0 aliphatic rings. The smallest absolute Gasteiger partial charge is 0.0702 e. The van der Waals surface area contributed by atoms with Crippen molar-refractivity contribution in [1.29, 1.82) is 0 Å². The van der Waals surface area contributed by atoms with Crippen LogP contribution < -0.4 is 4.90 Å². The molecule has 3 heteroatoms. The summed E-state index contributed by atoms with van der Waals surface area (Å²) in [4.78, 5) is 2.38. The molecule has 0 N–H and O–H groups in total.